The molecule has 5 heterocycles. The summed E-state index contributed by atoms with van der Waals surface area (Å²) in [5.74, 6) is 0.689. The average molecular weight is 364 g/mol. The van der Waals surface area contributed by atoms with Crippen LogP contribution in [0.2, 0.25) is 0 Å². The number of hydrogen-bond acceptors (Lipinski definition) is 6. The number of pyridine rings is 1. The molecule has 0 atom stereocenters. The number of nitrogens with zero attached hydrogens (tertiary/aromatic N) is 6. The Bertz CT molecular complexity index is 1020. The first-order valence-electron chi connectivity index (χ1n) is 9.11. The van der Waals surface area contributed by atoms with Gasteiger partial charge in [-0.25, -0.2) is 15.0 Å². The van der Waals surface area contributed by atoms with Gasteiger partial charge in [0, 0.05) is 37.6 Å². The first-order chi connectivity index (χ1) is 13.2. The van der Waals surface area contributed by atoms with Gasteiger partial charge in [0.05, 0.1) is 31.1 Å². The van der Waals surface area contributed by atoms with E-state index < -0.39 is 0 Å². The fraction of sp³-hybridized carbons (Fsp3) is 0.368. The van der Waals surface area contributed by atoms with E-state index in [1.807, 2.05) is 46.8 Å². The number of anilines is 1. The monoisotopic (exact) mass is 364 g/mol. The lowest BCUT2D eigenvalue weighted by molar-refractivity contribution is 0.0742. The molecule has 2 aliphatic rings. The van der Waals surface area contributed by atoms with Crippen LogP contribution < -0.4 is 4.90 Å². The molecule has 0 aromatic carbocycles. The zero-order valence-corrected chi connectivity index (χ0v) is 15.1. The van der Waals surface area contributed by atoms with E-state index in [-0.39, 0.29) is 5.91 Å². The molecule has 0 unspecified atom stereocenters. The summed E-state index contributed by atoms with van der Waals surface area (Å²) in [5, 5.41) is 0. The Hall–Kier alpha value is -3.00. The number of aryl methyl sites for hydroxylation is 1. The van der Waals surface area contributed by atoms with E-state index in [1.54, 1.807) is 0 Å². The molecule has 0 radical (unpaired) electrons. The summed E-state index contributed by atoms with van der Waals surface area (Å²) in [5.41, 5.74) is 4.06. The van der Waals surface area contributed by atoms with E-state index in [0.717, 1.165) is 41.6 Å². The van der Waals surface area contributed by atoms with Gasteiger partial charge in [0.15, 0.2) is 0 Å². The molecule has 0 N–H and O–H groups in total. The number of aromatic nitrogens is 4. The first kappa shape index (κ1) is 16.2. The maximum absolute atomic E-state index is 13.2. The van der Waals surface area contributed by atoms with Gasteiger partial charge in [-0.2, -0.15) is 0 Å². The van der Waals surface area contributed by atoms with Crippen molar-refractivity contribution in [3.63, 3.8) is 0 Å². The number of ether oxygens (including phenoxy) is 1. The van der Waals surface area contributed by atoms with Crippen LogP contribution >= 0.6 is 0 Å². The lowest BCUT2D eigenvalue weighted by atomic mass is 10.3. The van der Waals surface area contributed by atoms with Gasteiger partial charge in [0.1, 0.15) is 11.3 Å². The van der Waals surface area contributed by atoms with Crippen molar-refractivity contribution in [2.45, 2.75) is 20.0 Å². The molecule has 5 rings (SSSR count). The second-order valence-corrected chi connectivity index (χ2v) is 6.88. The normalized spacial score (nSPS) is 16.8. The highest BCUT2D eigenvalue weighted by Gasteiger charge is 2.29. The predicted molar refractivity (Wildman–Crippen MR) is 98.6 cm³/mol. The highest BCUT2D eigenvalue weighted by molar-refractivity contribution is 5.95. The smallest absolute Gasteiger partial charge is 0.273 e. The Morgan fingerprint density at radius 3 is 2.85 bits per heavy atom. The third kappa shape index (κ3) is 2.73. The topological polar surface area (TPSA) is 75.9 Å². The van der Waals surface area contributed by atoms with E-state index >= 15 is 0 Å². The van der Waals surface area contributed by atoms with Gasteiger partial charge in [-0.15, -0.1) is 0 Å². The number of hydrogen-bond donors (Lipinski definition) is 0. The molecule has 0 spiro atoms. The van der Waals surface area contributed by atoms with Crippen molar-refractivity contribution >= 4 is 17.5 Å². The summed E-state index contributed by atoms with van der Waals surface area (Å²) in [7, 11) is 0. The van der Waals surface area contributed by atoms with E-state index in [0.29, 0.717) is 32.0 Å². The van der Waals surface area contributed by atoms with Crippen LogP contribution in [0.5, 0.6) is 0 Å². The fourth-order valence-electron chi connectivity index (χ4n) is 3.72. The van der Waals surface area contributed by atoms with Gasteiger partial charge >= 0.3 is 0 Å². The van der Waals surface area contributed by atoms with E-state index in [2.05, 4.69) is 14.9 Å². The van der Waals surface area contributed by atoms with Gasteiger partial charge in [-0.3, -0.25) is 9.20 Å². The predicted octanol–water partition coefficient (Wildman–Crippen LogP) is 1.43. The van der Waals surface area contributed by atoms with Crippen LogP contribution in [0.25, 0.3) is 5.65 Å². The van der Waals surface area contributed by atoms with Crippen molar-refractivity contribution in [1.82, 2.24) is 24.3 Å². The summed E-state index contributed by atoms with van der Waals surface area (Å²) < 4.78 is 7.24. The highest BCUT2D eigenvalue weighted by atomic mass is 16.5. The molecule has 1 amide bonds. The number of carbonyl (C=O) groups excluding carboxylic acids is 1. The van der Waals surface area contributed by atoms with Crippen LogP contribution in [0.1, 0.15) is 27.4 Å². The van der Waals surface area contributed by atoms with Gasteiger partial charge in [-0.1, -0.05) is 6.07 Å². The van der Waals surface area contributed by atoms with Gasteiger partial charge < -0.3 is 14.5 Å². The number of amides is 1. The van der Waals surface area contributed by atoms with Crippen LogP contribution in [0.4, 0.5) is 5.95 Å². The molecule has 3 aromatic rings. The molecule has 8 heteroatoms. The Kier molecular flexibility index (Phi) is 3.78. The molecule has 1 saturated heterocycles. The highest BCUT2D eigenvalue weighted by Crippen LogP contribution is 2.25. The molecule has 27 heavy (non-hydrogen) atoms. The summed E-state index contributed by atoms with van der Waals surface area (Å²) >= 11 is 0. The number of morpholine rings is 1. The van der Waals surface area contributed by atoms with E-state index in [4.69, 9.17) is 9.72 Å². The maximum Gasteiger partial charge on any atom is 0.273 e. The molecule has 138 valence electrons. The number of fused-ring (bicyclic) bond motifs is 2. The minimum Gasteiger partial charge on any atom is -0.378 e. The van der Waals surface area contributed by atoms with Crippen molar-refractivity contribution in [3.05, 3.63) is 53.2 Å². The van der Waals surface area contributed by atoms with E-state index in [9.17, 15) is 4.79 Å². The third-order valence-electron chi connectivity index (χ3n) is 5.13. The molecule has 1 fully saturated rings. The molecule has 0 saturated carbocycles. The largest absolute Gasteiger partial charge is 0.378 e. The minimum absolute atomic E-state index is 0.0304. The summed E-state index contributed by atoms with van der Waals surface area (Å²) in [6.45, 7) is 5.87. The second-order valence-electron chi connectivity index (χ2n) is 6.88. The molecule has 0 aliphatic carbocycles. The zero-order chi connectivity index (χ0) is 18.4. The first-order valence-corrected chi connectivity index (χ1v) is 9.11. The van der Waals surface area contributed by atoms with Crippen LogP contribution in [0.3, 0.4) is 0 Å². The van der Waals surface area contributed by atoms with Crippen molar-refractivity contribution in [2.24, 2.45) is 0 Å². The molecule has 2 aliphatic heterocycles. The maximum atomic E-state index is 13.2. The van der Waals surface area contributed by atoms with Gasteiger partial charge in [0.2, 0.25) is 5.95 Å². The van der Waals surface area contributed by atoms with Crippen LogP contribution in [0, 0.1) is 6.92 Å². The second kappa shape index (κ2) is 6.31. The van der Waals surface area contributed by atoms with Crippen molar-refractivity contribution in [2.75, 3.05) is 31.2 Å². The Morgan fingerprint density at radius 2 is 2.00 bits per heavy atom. The van der Waals surface area contributed by atoms with E-state index in [1.165, 1.54) is 0 Å². The molecule has 3 aromatic heterocycles. The number of rotatable bonds is 2. The quantitative estimate of drug-likeness (QED) is 0.685. The molecule has 8 nitrogen and oxygen atoms in total. The van der Waals surface area contributed by atoms with Crippen molar-refractivity contribution < 1.29 is 9.53 Å². The fourth-order valence-corrected chi connectivity index (χ4v) is 3.72. The summed E-state index contributed by atoms with van der Waals surface area (Å²) in [6, 6.07) is 5.73. The Balaban J connectivity index is 1.41. The number of carbonyl (C=O) groups is 1. The Labute approximate surface area is 156 Å². The lowest BCUT2D eigenvalue weighted by Gasteiger charge is -2.26. The summed E-state index contributed by atoms with van der Waals surface area (Å²) in [4.78, 5) is 30.8. The van der Waals surface area contributed by atoms with Crippen LogP contribution in [-0.2, 0) is 17.8 Å². The third-order valence-corrected chi connectivity index (χ3v) is 5.13. The van der Waals surface area contributed by atoms with Crippen LogP contribution in [-0.4, -0.2) is 56.5 Å². The minimum atomic E-state index is -0.0304. The van der Waals surface area contributed by atoms with Crippen molar-refractivity contribution in [1.29, 1.82) is 0 Å². The summed E-state index contributed by atoms with van der Waals surface area (Å²) in [6.07, 6.45) is 3.73. The lowest BCUT2D eigenvalue weighted by Crippen LogP contribution is -2.37. The zero-order valence-electron chi connectivity index (χ0n) is 15.1. The van der Waals surface area contributed by atoms with Crippen molar-refractivity contribution in [3.8, 4) is 0 Å². The molecular weight excluding hydrogens is 344 g/mol. The number of imidazole rings is 1. The average Bonchev–Trinajstić information content (AvgIpc) is 3.27. The molecular formula is C19H20N6O2. The van der Waals surface area contributed by atoms with Gasteiger partial charge in [0.25, 0.3) is 5.91 Å². The SMILES string of the molecule is Cc1nc2ccccn2c1C(=O)N1Cc2cnc(N3CCOCC3)nc2C1. The molecule has 0 bridgehead atoms. The standard InChI is InChI=1S/C19H20N6O2/c1-13-17(25-5-3-2-4-16(25)21-13)18(26)24-11-14-10-20-19(22-15(14)12-24)23-6-8-27-9-7-23/h2-5,10H,6-9,11-12H2,1H3. The Morgan fingerprint density at radius 1 is 1.15 bits per heavy atom. The van der Waals surface area contributed by atoms with Gasteiger partial charge in [-0.05, 0) is 19.1 Å². The van der Waals surface area contributed by atoms with Crippen LogP contribution in [0.15, 0.2) is 30.6 Å².